The van der Waals surface area contributed by atoms with Crippen LogP contribution in [0.5, 0.6) is 11.5 Å². The minimum Gasteiger partial charge on any atom is -0.457 e. The molecule has 4 atom stereocenters. The summed E-state index contributed by atoms with van der Waals surface area (Å²) in [4.78, 5) is 27.1. The first kappa shape index (κ1) is 17.5. The molecule has 146 valence electrons. The third-order valence-corrected chi connectivity index (χ3v) is 6.06. The van der Waals surface area contributed by atoms with Crippen LogP contribution in [0.3, 0.4) is 0 Å². The summed E-state index contributed by atoms with van der Waals surface area (Å²) in [7, 11) is 0. The molecule has 7 nitrogen and oxygen atoms in total. The second kappa shape index (κ2) is 6.48. The van der Waals surface area contributed by atoms with Crippen molar-refractivity contribution in [2.75, 3.05) is 4.90 Å². The third-order valence-electron chi connectivity index (χ3n) is 6.06. The zero-order chi connectivity index (χ0) is 20.1. The van der Waals surface area contributed by atoms with Crippen molar-refractivity contribution in [3.63, 3.8) is 0 Å². The molecule has 2 aliphatic carbocycles. The molecule has 2 fully saturated rings. The normalized spacial score (nSPS) is 27.6. The summed E-state index contributed by atoms with van der Waals surface area (Å²) in [5.41, 5.74) is 6.70. The Labute approximate surface area is 167 Å². The van der Waals surface area contributed by atoms with Crippen LogP contribution in [0, 0.1) is 23.7 Å². The van der Waals surface area contributed by atoms with E-state index in [1.54, 1.807) is 48.5 Å². The highest BCUT2D eigenvalue weighted by Gasteiger charge is 2.59. The van der Waals surface area contributed by atoms with Gasteiger partial charge in [0.15, 0.2) is 5.84 Å². The van der Waals surface area contributed by atoms with Crippen LogP contribution in [-0.2, 0) is 9.59 Å². The average molecular weight is 389 g/mol. The summed E-state index contributed by atoms with van der Waals surface area (Å²) in [6.07, 6.45) is 5.09. The van der Waals surface area contributed by atoms with Gasteiger partial charge in [0.2, 0.25) is 11.8 Å². The number of ether oxygens (including phenoxy) is 1. The van der Waals surface area contributed by atoms with Crippen molar-refractivity contribution >= 4 is 23.3 Å². The van der Waals surface area contributed by atoms with Crippen molar-refractivity contribution in [1.82, 2.24) is 0 Å². The average Bonchev–Trinajstić information content (AvgIpc) is 3.43. The van der Waals surface area contributed by atoms with Gasteiger partial charge in [-0.3, -0.25) is 14.5 Å². The Balaban J connectivity index is 1.32. The van der Waals surface area contributed by atoms with Gasteiger partial charge in [-0.1, -0.05) is 17.3 Å². The Bertz CT molecular complexity index is 1010. The number of imide groups is 1. The largest absolute Gasteiger partial charge is 0.457 e. The van der Waals surface area contributed by atoms with Crippen LogP contribution >= 0.6 is 0 Å². The van der Waals surface area contributed by atoms with Gasteiger partial charge in [0.25, 0.3) is 0 Å². The van der Waals surface area contributed by atoms with Crippen LogP contribution in [-0.4, -0.2) is 22.9 Å². The molecule has 2 bridgehead atoms. The van der Waals surface area contributed by atoms with Crippen molar-refractivity contribution in [3.05, 3.63) is 66.2 Å². The van der Waals surface area contributed by atoms with Gasteiger partial charge in [0, 0.05) is 5.56 Å². The topological polar surface area (TPSA) is 105 Å². The van der Waals surface area contributed by atoms with Crippen LogP contribution in [0.4, 0.5) is 5.69 Å². The molecule has 7 heteroatoms. The van der Waals surface area contributed by atoms with Crippen LogP contribution < -0.4 is 15.4 Å². The van der Waals surface area contributed by atoms with Gasteiger partial charge in [-0.05, 0) is 66.8 Å². The maximum Gasteiger partial charge on any atom is 0.238 e. The van der Waals surface area contributed by atoms with Gasteiger partial charge in [-0.15, -0.1) is 0 Å². The lowest BCUT2D eigenvalue weighted by Crippen LogP contribution is -2.32. The Kier molecular flexibility index (Phi) is 3.91. The summed E-state index contributed by atoms with van der Waals surface area (Å²) >= 11 is 0. The molecule has 0 radical (unpaired) electrons. The fraction of sp³-hybridized carbons (Fsp3) is 0.227. The number of amides is 2. The molecule has 0 aromatic heterocycles. The minimum atomic E-state index is -0.207. The zero-order valence-corrected chi connectivity index (χ0v) is 15.4. The van der Waals surface area contributed by atoms with Crippen molar-refractivity contribution < 1.29 is 19.5 Å². The number of anilines is 1. The van der Waals surface area contributed by atoms with E-state index in [1.807, 2.05) is 0 Å². The maximum absolute atomic E-state index is 12.9. The Morgan fingerprint density at radius 3 is 1.97 bits per heavy atom. The molecule has 1 heterocycles. The molecule has 5 rings (SSSR count). The molecule has 29 heavy (non-hydrogen) atoms. The SMILES string of the molecule is NC(=NO)c1ccc(Oc2ccc(N3C(=O)C4C5C=CC(C5)C4C3=O)cc2)cc1. The fourth-order valence-corrected chi connectivity index (χ4v) is 4.71. The van der Waals surface area contributed by atoms with E-state index in [9.17, 15) is 9.59 Å². The lowest BCUT2D eigenvalue weighted by molar-refractivity contribution is -0.123. The van der Waals surface area contributed by atoms with E-state index >= 15 is 0 Å². The van der Waals surface area contributed by atoms with E-state index in [4.69, 9.17) is 15.7 Å². The molecule has 1 saturated heterocycles. The number of nitrogens with zero attached hydrogens (tertiary/aromatic N) is 2. The number of hydrogen-bond donors (Lipinski definition) is 2. The van der Waals surface area contributed by atoms with Crippen LogP contribution in [0.1, 0.15) is 12.0 Å². The summed E-state index contributed by atoms with van der Waals surface area (Å²) < 4.78 is 5.80. The lowest BCUT2D eigenvalue weighted by atomic mass is 9.85. The van der Waals surface area contributed by atoms with Crippen LogP contribution in [0.2, 0.25) is 0 Å². The predicted molar refractivity (Wildman–Crippen MR) is 106 cm³/mol. The van der Waals surface area contributed by atoms with Crippen molar-refractivity contribution in [2.45, 2.75) is 6.42 Å². The molecular formula is C22H19N3O4. The molecule has 2 aromatic rings. The van der Waals surface area contributed by atoms with E-state index in [-0.39, 0.29) is 41.3 Å². The molecule has 4 unspecified atom stereocenters. The van der Waals surface area contributed by atoms with Crippen molar-refractivity contribution in [3.8, 4) is 11.5 Å². The number of benzene rings is 2. The summed E-state index contributed by atoms with van der Waals surface area (Å²) in [5.74, 6) is 0.972. The van der Waals surface area contributed by atoms with Gasteiger partial charge in [-0.2, -0.15) is 0 Å². The highest BCUT2D eigenvalue weighted by Crippen LogP contribution is 2.53. The first-order chi connectivity index (χ1) is 14.1. The molecule has 1 aliphatic heterocycles. The smallest absolute Gasteiger partial charge is 0.238 e. The number of fused-ring (bicyclic) bond motifs is 5. The number of hydrogen-bond acceptors (Lipinski definition) is 5. The van der Waals surface area contributed by atoms with Crippen LogP contribution in [0.25, 0.3) is 0 Å². The summed E-state index contributed by atoms with van der Waals surface area (Å²) in [5, 5.41) is 11.7. The lowest BCUT2D eigenvalue weighted by Gasteiger charge is -2.17. The molecule has 2 amide bonds. The Morgan fingerprint density at radius 1 is 0.931 bits per heavy atom. The van der Waals surface area contributed by atoms with E-state index in [0.717, 1.165) is 6.42 Å². The predicted octanol–water partition coefficient (Wildman–Crippen LogP) is 2.88. The van der Waals surface area contributed by atoms with Crippen molar-refractivity contribution in [2.24, 2.45) is 34.6 Å². The molecule has 2 aromatic carbocycles. The number of allylic oxidation sites excluding steroid dienone is 2. The van der Waals surface area contributed by atoms with E-state index in [2.05, 4.69) is 17.3 Å². The first-order valence-corrected chi connectivity index (χ1v) is 9.49. The highest BCUT2D eigenvalue weighted by atomic mass is 16.5. The van der Waals surface area contributed by atoms with Gasteiger partial charge < -0.3 is 15.7 Å². The number of amidine groups is 1. The molecule has 1 saturated carbocycles. The summed E-state index contributed by atoms with van der Waals surface area (Å²) in [6, 6.07) is 13.7. The number of carbonyl (C=O) groups is 2. The fourth-order valence-electron chi connectivity index (χ4n) is 4.71. The van der Waals surface area contributed by atoms with E-state index < -0.39 is 0 Å². The van der Waals surface area contributed by atoms with Gasteiger partial charge in [0.05, 0.1) is 17.5 Å². The van der Waals surface area contributed by atoms with Crippen molar-refractivity contribution in [1.29, 1.82) is 0 Å². The monoisotopic (exact) mass is 389 g/mol. The quantitative estimate of drug-likeness (QED) is 0.209. The second-order valence-corrected chi connectivity index (χ2v) is 7.62. The Morgan fingerprint density at radius 2 is 1.45 bits per heavy atom. The maximum atomic E-state index is 12.9. The number of oxime groups is 1. The van der Waals surface area contributed by atoms with Gasteiger partial charge in [-0.25, -0.2) is 0 Å². The van der Waals surface area contributed by atoms with Gasteiger partial charge in [0.1, 0.15) is 11.5 Å². The van der Waals surface area contributed by atoms with E-state index in [0.29, 0.717) is 22.7 Å². The van der Waals surface area contributed by atoms with Gasteiger partial charge >= 0.3 is 0 Å². The highest BCUT2D eigenvalue weighted by molar-refractivity contribution is 6.22. The molecule has 3 aliphatic rings. The standard InChI is InChI=1S/C22H19N3O4/c23-20(24-28)12-3-7-16(8-4-12)29-17-9-5-15(6-10-17)25-21(26)18-13-1-2-14(11-13)19(18)22(25)27/h1-10,13-14,18-19,28H,11H2,(H2,23,24). The second-order valence-electron chi connectivity index (χ2n) is 7.62. The van der Waals surface area contributed by atoms with E-state index in [1.165, 1.54) is 4.90 Å². The summed E-state index contributed by atoms with van der Waals surface area (Å²) in [6.45, 7) is 0. The number of carbonyl (C=O) groups excluding carboxylic acids is 2. The molecular weight excluding hydrogens is 370 g/mol. The van der Waals surface area contributed by atoms with Crippen LogP contribution in [0.15, 0.2) is 65.8 Å². The number of nitrogens with two attached hydrogens (primary N) is 1. The zero-order valence-electron chi connectivity index (χ0n) is 15.4. The third kappa shape index (κ3) is 2.69. The molecule has 0 spiro atoms. The minimum absolute atomic E-state index is 0.0225. The molecule has 3 N–H and O–H groups in total. The first-order valence-electron chi connectivity index (χ1n) is 9.49. The number of rotatable bonds is 4. The Hall–Kier alpha value is -3.61.